The van der Waals surface area contributed by atoms with Gasteiger partial charge in [-0.3, -0.25) is 19.9 Å². The van der Waals surface area contributed by atoms with Crippen LogP contribution in [0, 0.1) is 10.1 Å². The van der Waals surface area contributed by atoms with E-state index in [9.17, 15) is 14.9 Å². The number of carbonyl (C=O) groups is 1. The highest BCUT2D eigenvalue weighted by Gasteiger charge is 2.45. The van der Waals surface area contributed by atoms with Crippen LogP contribution in [0.5, 0.6) is 0 Å². The summed E-state index contributed by atoms with van der Waals surface area (Å²) in [5.74, 6) is -0.313. The molecule has 2 aliphatic heterocycles. The molecular formula is C19H16Cl2N4O3. The Bertz CT molecular complexity index is 993. The lowest BCUT2D eigenvalue weighted by atomic mass is 9.90. The fourth-order valence-electron chi connectivity index (χ4n) is 3.70. The van der Waals surface area contributed by atoms with Gasteiger partial charge in [-0.25, -0.2) is 5.43 Å². The van der Waals surface area contributed by atoms with Gasteiger partial charge in [-0.15, -0.1) is 0 Å². The molecule has 4 rings (SSSR count). The first-order valence-electron chi connectivity index (χ1n) is 8.62. The van der Waals surface area contributed by atoms with E-state index >= 15 is 0 Å². The van der Waals surface area contributed by atoms with E-state index < -0.39 is 4.92 Å². The predicted molar refractivity (Wildman–Crippen MR) is 107 cm³/mol. The Labute approximate surface area is 171 Å². The molecule has 7 nitrogen and oxygen atoms in total. The van der Waals surface area contributed by atoms with Gasteiger partial charge in [-0.2, -0.15) is 0 Å². The van der Waals surface area contributed by atoms with Gasteiger partial charge in [-0.1, -0.05) is 29.3 Å². The molecule has 2 heterocycles. The number of amides is 1. The molecular weight excluding hydrogens is 403 g/mol. The van der Waals surface area contributed by atoms with Crippen LogP contribution in [-0.4, -0.2) is 28.0 Å². The molecule has 144 valence electrons. The maximum atomic E-state index is 12.7. The molecule has 3 unspecified atom stereocenters. The molecule has 3 atom stereocenters. The summed E-state index contributed by atoms with van der Waals surface area (Å²) in [6.07, 6.45) is 1.11. The van der Waals surface area contributed by atoms with Gasteiger partial charge in [0.1, 0.15) is 6.17 Å². The number of nitrogens with zero attached hydrogens (tertiary/aromatic N) is 2. The van der Waals surface area contributed by atoms with Gasteiger partial charge in [0.15, 0.2) is 0 Å². The maximum absolute atomic E-state index is 12.7. The Morgan fingerprint density at radius 3 is 2.50 bits per heavy atom. The van der Waals surface area contributed by atoms with Crippen molar-refractivity contribution in [1.29, 1.82) is 0 Å². The highest BCUT2D eigenvalue weighted by atomic mass is 35.5. The molecule has 0 bridgehead atoms. The zero-order valence-electron chi connectivity index (χ0n) is 14.7. The lowest BCUT2D eigenvalue weighted by molar-refractivity contribution is -0.384. The minimum absolute atomic E-state index is 0.00455. The molecule has 0 aromatic heterocycles. The van der Waals surface area contributed by atoms with Crippen molar-refractivity contribution in [2.24, 2.45) is 0 Å². The van der Waals surface area contributed by atoms with Crippen LogP contribution in [0.25, 0.3) is 5.70 Å². The summed E-state index contributed by atoms with van der Waals surface area (Å²) >= 11 is 12.4. The van der Waals surface area contributed by atoms with Crippen molar-refractivity contribution in [1.82, 2.24) is 15.8 Å². The normalized spacial score (nSPS) is 23.8. The largest absolute Gasteiger partial charge is 0.363 e. The summed E-state index contributed by atoms with van der Waals surface area (Å²) in [4.78, 5) is 23.1. The Morgan fingerprint density at radius 2 is 1.86 bits per heavy atom. The number of nitro groups is 1. The van der Waals surface area contributed by atoms with Gasteiger partial charge in [0.25, 0.3) is 11.6 Å². The van der Waals surface area contributed by atoms with Crippen LogP contribution in [-0.2, 0) is 4.79 Å². The second kappa shape index (κ2) is 7.09. The second-order valence-electron chi connectivity index (χ2n) is 6.77. The number of non-ortho nitro benzene ring substituents is 1. The van der Waals surface area contributed by atoms with Crippen molar-refractivity contribution in [2.75, 3.05) is 0 Å². The SMILES string of the molecule is CC1NN2C(=O)C=C(c3ccc([N+](=O)[O-])cc3)NC2C1c1ccc(Cl)cc1Cl. The molecule has 2 N–H and O–H groups in total. The molecule has 0 radical (unpaired) electrons. The van der Waals surface area contributed by atoms with Crippen LogP contribution in [0.1, 0.15) is 24.0 Å². The molecule has 0 aliphatic carbocycles. The van der Waals surface area contributed by atoms with Crippen LogP contribution < -0.4 is 10.7 Å². The fourth-order valence-corrected chi connectivity index (χ4v) is 4.24. The van der Waals surface area contributed by atoms with Crippen LogP contribution in [0.15, 0.2) is 48.5 Å². The fraction of sp³-hybridized carbons (Fsp3) is 0.211. The van der Waals surface area contributed by atoms with Crippen molar-refractivity contribution < 1.29 is 9.72 Å². The Kier molecular flexibility index (Phi) is 4.74. The van der Waals surface area contributed by atoms with Gasteiger partial charge in [0, 0.05) is 45.9 Å². The molecule has 1 fully saturated rings. The zero-order valence-corrected chi connectivity index (χ0v) is 16.2. The summed E-state index contributed by atoms with van der Waals surface area (Å²) in [6, 6.07) is 11.3. The maximum Gasteiger partial charge on any atom is 0.269 e. The summed E-state index contributed by atoms with van der Waals surface area (Å²) in [7, 11) is 0. The first-order valence-corrected chi connectivity index (χ1v) is 9.38. The van der Waals surface area contributed by atoms with E-state index in [0.717, 1.165) is 5.56 Å². The number of hydrogen-bond donors (Lipinski definition) is 2. The van der Waals surface area contributed by atoms with Crippen molar-refractivity contribution in [3.8, 4) is 0 Å². The van der Waals surface area contributed by atoms with E-state index in [2.05, 4.69) is 10.7 Å². The molecule has 1 saturated heterocycles. The van der Waals surface area contributed by atoms with Crippen LogP contribution in [0.2, 0.25) is 10.0 Å². The Morgan fingerprint density at radius 1 is 1.14 bits per heavy atom. The van der Waals surface area contributed by atoms with E-state index in [0.29, 0.717) is 21.3 Å². The first kappa shape index (κ1) is 18.7. The topological polar surface area (TPSA) is 87.5 Å². The number of benzene rings is 2. The number of halogens is 2. The summed E-state index contributed by atoms with van der Waals surface area (Å²) in [5.41, 5.74) is 5.36. The molecule has 0 spiro atoms. The van der Waals surface area contributed by atoms with Crippen molar-refractivity contribution in [3.05, 3.63) is 79.8 Å². The third-order valence-corrected chi connectivity index (χ3v) is 5.58. The Balaban J connectivity index is 1.68. The van der Waals surface area contributed by atoms with Crippen LogP contribution >= 0.6 is 23.2 Å². The number of hydrogen-bond acceptors (Lipinski definition) is 5. The Hall–Kier alpha value is -2.61. The molecule has 1 amide bonds. The second-order valence-corrected chi connectivity index (χ2v) is 7.61. The van der Waals surface area contributed by atoms with E-state index in [-0.39, 0.29) is 29.7 Å². The lowest BCUT2D eigenvalue weighted by Crippen LogP contribution is -2.52. The van der Waals surface area contributed by atoms with Crippen LogP contribution in [0.3, 0.4) is 0 Å². The van der Waals surface area contributed by atoms with Crippen LogP contribution in [0.4, 0.5) is 5.69 Å². The van der Waals surface area contributed by atoms with Gasteiger partial charge in [0.05, 0.1) is 4.92 Å². The van der Waals surface area contributed by atoms with Gasteiger partial charge >= 0.3 is 0 Å². The standard InChI is InChI=1S/C19H16Cl2N4O3/c1-10-18(14-7-4-12(20)8-15(14)21)19-22-16(9-17(26)24(19)23-10)11-2-5-13(6-3-11)25(27)28/h2-10,18-19,22-23H,1H3. The minimum Gasteiger partial charge on any atom is -0.363 e. The number of fused-ring (bicyclic) bond motifs is 1. The number of nitrogens with one attached hydrogen (secondary N) is 2. The van der Waals surface area contributed by atoms with E-state index in [1.165, 1.54) is 18.2 Å². The molecule has 28 heavy (non-hydrogen) atoms. The molecule has 2 aromatic rings. The summed E-state index contributed by atoms with van der Waals surface area (Å²) in [5, 5.41) is 16.9. The molecule has 9 heteroatoms. The number of hydrazine groups is 1. The van der Waals surface area contributed by atoms with Crippen molar-refractivity contribution >= 4 is 40.5 Å². The average molecular weight is 419 g/mol. The average Bonchev–Trinajstić information content (AvgIpc) is 2.98. The smallest absolute Gasteiger partial charge is 0.269 e. The van der Waals surface area contributed by atoms with E-state index in [4.69, 9.17) is 23.2 Å². The van der Waals surface area contributed by atoms with Gasteiger partial charge < -0.3 is 5.32 Å². The number of rotatable bonds is 3. The highest BCUT2D eigenvalue weighted by Crippen LogP contribution is 2.38. The zero-order chi connectivity index (χ0) is 20.0. The number of carbonyl (C=O) groups excluding carboxylic acids is 1. The monoisotopic (exact) mass is 418 g/mol. The van der Waals surface area contributed by atoms with E-state index in [1.54, 1.807) is 29.3 Å². The first-order chi connectivity index (χ1) is 13.3. The van der Waals surface area contributed by atoms with Gasteiger partial charge in [-0.05, 0) is 42.3 Å². The number of nitro benzene ring substituents is 1. The minimum atomic E-state index is -0.458. The molecule has 2 aliphatic rings. The van der Waals surface area contributed by atoms with E-state index in [1.807, 2.05) is 13.0 Å². The van der Waals surface area contributed by atoms with Crippen molar-refractivity contribution in [3.63, 3.8) is 0 Å². The lowest BCUT2D eigenvalue weighted by Gasteiger charge is -2.33. The highest BCUT2D eigenvalue weighted by molar-refractivity contribution is 6.35. The van der Waals surface area contributed by atoms with Gasteiger partial charge in [0.2, 0.25) is 0 Å². The third-order valence-electron chi connectivity index (χ3n) is 5.02. The quantitative estimate of drug-likeness (QED) is 0.586. The third kappa shape index (κ3) is 3.22. The molecule has 0 saturated carbocycles. The summed E-state index contributed by atoms with van der Waals surface area (Å²) in [6.45, 7) is 1.98. The molecule has 2 aromatic carbocycles. The summed E-state index contributed by atoms with van der Waals surface area (Å²) < 4.78 is 0. The van der Waals surface area contributed by atoms with Crippen molar-refractivity contribution in [2.45, 2.75) is 25.0 Å². The predicted octanol–water partition coefficient (Wildman–Crippen LogP) is 3.69.